The molecule has 86 valence electrons. The molecule has 16 heavy (non-hydrogen) atoms. The zero-order chi connectivity index (χ0) is 11.7. The van der Waals surface area contributed by atoms with Crippen LogP contribution in [-0.2, 0) is 0 Å². The van der Waals surface area contributed by atoms with Crippen molar-refractivity contribution in [3.63, 3.8) is 0 Å². The summed E-state index contributed by atoms with van der Waals surface area (Å²) in [6.45, 7) is 0. The molecule has 5 heteroatoms. The van der Waals surface area contributed by atoms with Crippen LogP contribution in [0.1, 0.15) is 23.2 Å². The average Bonchev–Trinajstić information content (AvgIpc) is 2.19. The van der Waals surface area contributed by atoms with Crippen LogP contribution in [0.4, 0.5) is 4.39 Å². The van der Waals surface area contributed by atoms with Crippen LogP contribution in [0, 0.1) is 5.82 Å². The van der Waals surface area contributed by atoms with Gasteiger partial charge in [-0.05, 0) is 25.0 Å². The molecule has 0 aromatic heterocycles. The van der Waals surface area contributed by atoms with E-state index in [1.165, 1.54) is 12.1 Å². The first kappa shape index (κ1) is 11.4. The fraction of sp³-hybridized carbons (Fsp3) is 0.364. The highest BCUT2D eigenvalue weighted by atomic mass is 35.5. The highest BCUT2D eigenvalue weighted by molar-refractivity contribution is 6.31. The van der Waals surface area contributed by atoms with Gasteiger partial charge in [0.2, 0.25) is 0 Å². The summed E-state index contributed by atoms with van der Waals surface area (Å²) in [6, 6.07) is 4.57. The smallest absolute Gasteiger partial charge is 0.254 e. The fourth-order valence-corrected chi connectivity index (χ4v) is 1.90. The van der Waals surface area contributed by atoms with Gasteiger partial charge in [-0.3, -0.25) is 4.79 Å². The number of hydrogen-bond acceptors (Lipinski definition) is 2. The Morgan fingerprint density at radius 3 is 2.81 bits per heavy atom. The first-order chi connectivity index (χ1) is 7.58. The second kappa shape index (κ2) is 4.39. The maximum absolute atomic E-state index is 13.5. The summed E-state index contributed by atoms with van der Waals surface area (Å²) in [5.74, 6) is -1.11. The standard InChI is InChI=1S/C11H12ClFN2O/c12-9-3-1-2-8(10(9)13)11(16)15-7-4-6(14)5-7/h1-3,6-7H,4-5,14H2,(H,15,16). The molecule has 1 fully saturated rings. The number of benzene rings is 1. The van der Waals surface area contributed by atoms with Gasteiger partial charge in [0.25, 0.3) is 5.91 Å². The van der Waals surface area contributed by atoms with Gasteiger partial charge in [0, 0.05) is 12.1 Å². The van der Waals surface area contributed by atoms with Crippen molar-refractivity contribution in [1.29, 1.82) is 0 Å². The van der Waals surface area contributed by atoms with Gasteiger partial charge in [-0.1, -0.05) is 17.7 Å². The van der Waals surface area contributed by atoms with E-state index in [1.807, 2.05) is 0 Å². The van der Waals surface area contributed by atoms with E-state index in [0.29, 0.717) is 0 Å². The molecular weight excluding hydrogens is 231 g/mol. The molecule has 0 aliphatic heterocycles. The van der Waals surface area contributed by atoms with Gasteiger partial charge in [-0.2, -0.15) is 0 Å². The van der Waals surface area contributed by atoms with Crippen molar-refractivity contribution in [2.45, 2.75) is 24.9 Å². The highest BCUT2D eigenvalue weighted by Crippen LogP contribution is 2.20. The molecule has 0 radical (unpaired) electrons. The Labute approximate surface area is 97.8 Å². The summed E-state index contributed by atoms with van der Waals surface area (Å²) < 4.78 is 13.5. The van der Waals surface area contributed by atoms with Gasteiger partial charge in [-0.25, -0.2) is 4.39 Å². The molecule has 1 aliphatic rings. The SMILES string of the molecule is NC1CC(NC(=O)c2cccc(Cl)c2F)C1. The summed E-state index contributed by atoms with van der Waals surface area (Å²) in [4.78, 5) is 11.7. The molecule has 2 rings (SSSR count). The molecule has 1 aliphatic carbocycles. The van der Waals surface area contributed by atoms with E-state index in [9.17, 15) is 9.18 Å². The Balaban J connectivity index is 2.06. The third-order valence-electron chi connectivity index (χ3n) is 2.71. The topological polar surface area (TPSA) is 55.1 Å². The van der Waals surface area contributed by atoms with E-state index in [1.54, 1.807) is 6.07 Å². The van der Waals surface area contributed by atoms with E-state index in [-0.39, 0.29) is 22.7 Å². The van der Waals surface area contributed by atoms with Crippen molar-refractivity contribution in [2.24, 2.45) is 5.73 Å². The zero-order valence-corrected chi connectivity index (χ0v) is 9.30. The predicted octanol–water partition coefficient (Wildman–Crippen LogP) is 1.70. The van der Waals surface area contributed by atoms with E-state index in [0.717, 1.165) is 12.8 Å². The molecule has 0 bridgehead atoms. The molecule has 0 saturated heterocycles. The second-order valence-corrected chi connectivity index (χ2v) is 4.41. The highest BCUT2D eigenvalue weighted by Gasteiger charge is 2.28. The van der Waals surface area contributed by atoms with E-state index < -0.39 is 11.7 Å². The molecule has 3 N–H and O–H groups in total. The molecule has 1 saturated carbocycles. The molecule has 1 amide bonds. The lowest BCUT2D eigenvalue weighted by Crippen LogP contribution is -2.50. The zero-order valence-electron chi connectivity index (χ0n) is 8.54. The average molecular weight is 243 g/mol. The van der Waals surface area contributed by atoms with Gasteiger partial charge in [0.1, 0.15) is 0 Å². The fourth-order valence-electron chi connectivity index (χ4n) is 1.72. The van der Waals surface area contributed by atoms with Crippen LogP contribution >= 0.6 is 11.6 Å². The van der Waals surface area contributed by atoms with Gasteiger partial charge in [0.05, 0.1) is 10.6 Å². The normalized spacial score (nSPS) is 23.7. The minimum atomic E-state index is -0.676. The number of nitrogens with one attached hydrogen (secondary N) is 1. The molecule has 1 aromatic rings. The summed E-state index contributed by atoms with van der Waals surface area (Å²) in [5.41, 5.74) is 5.57. The number of amides is 1. The van der Waals surface area contributed by atoms with Crippen LogP contribution in [-0.4, -0.2) is 18.0 Å². The third kappa shape index (κ3) is 2.18. The molecule has 0 spiro atoms. The quantitative estimate of drug-likeness (QED) is 0.829. The Morgan fingerprint density at radius 1 is 1.50 bits per heavy atom. The van der Waals surface area contributed by atoms with Gasteiger partial charge >= 0.3 is 0 Å². The Kier molecular flexibility index (Phi) is 3.12. The van der Waals surface area contributed by atoms with Crippen LogP contribution in [0.15, 0.2) is 18.2 Å². The van der Waals surface area contributed by atoms with Gasteiger partial charge in [-0.15, -0.1) is 0 Å². The molecule has 0 atom stereocenters. The predicted molar refractivity (Wildman–Crippen MR) is 59.9 cm³/mol. The lowest BCUT2D eigenvalue weighted by atomic mass is 9.87. The number of hydrogen-bond donors (Lipinski definition) is 2. The van der Waals surface area contributed by atoms with Gasteiger partial charge < -0.3 is 11.1 Å². The number of carbonyl (C=O) groups excluding carboxylic acids is 1. The summed E-state index contributed by atoms with van der Waals surface area (Å²) in [5, 5.41) is 2.67. The third-order valence-corrected chi connectivity index (χ3v) is 3.00. The van der Waals surface area contributed by atoms with E-state index in [2.05, 4.69) is 5.32 Å². The number of halogens is 2. The molecule has 3 nitrogen and oxygen atoms in total. The van der Waals surface area contributed by atoms with Crippen molar-refractivity contribution < 1.29 is 9.18 Å². The van der Waals surface area contributed by atoms with E-state index in [4.69, 9.17) is 17.3 Å². The molecule has 0 unspecified atom stereocenters. The first-order valence-electron chi connectivity index (χ1n) is 5.08. The van der Waals surface area contributed by atoms with Crippen LogP contribution in [0.5, 0.6) is 0 Å². The first-order valence-corrected chi connectivity index (χ1v) is 5.46. The van der Waals surface area contributed by atoms with Crippen molar-refractivity contribution in [1.82, 2.24) is 5.32 Å². The lowest BCUT2D eigenvalue weighted by molar-refractivity contribution is 0.0906. The van der Waals surface area contributed by atoms with Crippen molar-refractivity contribution in [2.75, 3.05) is 0 Å². The largest absolute Gasteiger partial charge is 0.349 e. The summed E-state index contributed by atoms with van der Waals surface area (Å²) in [6.07, 6.45) is 1.49. The number of nitrogens with two attached hydrogens (primary N) is 1. The summed E-state index contributed by atoms with van der Waals surface area (Å²) >= 11 is 5.59. The molecule has 0 heterocycles. The lowest BCUT2D eigenvalue weighted by Gasteiger charge is -2.32. The number of carbonyl (C=O) groups is 1. The van der Waals surface area contributed by atoms with Crippen LogP contribution < -0.4 is 11.1 Å². The Hall–Kier alpha value is -1.13. The Bertz CT molecular complexity index is 418. The van der Waals surface area contributed by atoms with Crippen LogP contribution in [0.2, 0.25) is 5.02 Å². The molecular formula is C11H12ClFN2O. The maximum Gasteiger partial charge on any atom is 0.254 e. The monoisotopic (exact) mass is 242 g/mol. The minimum Gasteiger partial charge on any atom is -0.349 e. The summed E-state index contributed by atoms with van der Waals surface area (Å²) in [7, 11) is 0. The molecule has 1 aromatic carbocycles. The van der Waals surface area contributed by atoms with Gasteiger partial charge in [0.15, 0.2) is 5.82 Å². The minimum absolute atomic E-state index is 0.0204. The van der Waals surface area contributed by atoms with Crippen LogP contribution in [0.3, 0.4) is 0 Å². The maximum atomic E-state index is 13.5. The van der Waals surface area contributed by atoms with Crippen molar-refractivity contribution in [3.8, 4) is 0 Å². The van der Waals surface area contributed by atoms with Crippen molar-refractivity contribution in [3.05, 3.63) is 34.6 Å². The van der Waals surface area contributed by atoms with Crippen LogP contribution in [0.25, 0.3) is 0 Å². The Morgan fingerprint density at radius 2 is 2.19 bits per heavy atom. The van der Waals surface area contributed by atoms with E-state index >= 15 is 0 Å². The van der Waals surface area contributed by atoms with Crippen molar-refractivity contribution >= 4 is 17.5 Å². The number of rotatable bonds is 2. The second-order valence-electron chi connectivity index (χ2n) is 4.00.